The summed E-state index contributed by atoms with van der Waals surface area (Å²) in [5.41, 5.74) is 0.176. The minimum Gasteiger partial charge on any atom is -0.478 e. The molecule has 0 unspecified atom stereocenters. The molecule has 0 rings (SSSR count). The number of rotatable bonds is 7. The SMILES string of the molecule is C=C(C)C(=O)O.C=CC(=O)OCCOCCO. The first kappa shape index (κ1) is 17.7. The second kappa shape index (κ2) is 12.4. The molecule has 0 fully saturated rings. The van der Waals surface area contributed by atoms with Gasteiger partial charge in [0.2, 0.25) is 0 Å². The van der Waals surface area contributed by atoms with E-state index in [0.29, 0.717) is 6.61 Å². The summed E-state index contributed by atoms with van der Waals surface area (Å²) < 4.78 is 9.39. The van der Waals surface area contributed by atoms with Crippen LogP contribution in [0.15, 0.2) is 24.8 Å². The number of carbonyl (C=O) groups excluding carboxylic acids is 1. The first-order chi connectivity index (χ1) is 7.95. The lowest BCUT2D eigenvalue weighted by atomic mass is 10.4. The lowest BCUT2D eigenvalue weighted by Crippen LogP contribution is -2.09. The van der Waals surface area contributed by atoms with Crippen molar-refractivity contribution in [2.45, 2.75) is 6.92 Å². The van der Waals surface area contributed by atoms with Crippen LogP contribution in [0.5, 0.6) is 0 Å². The van der Waals surface area contributed by atoms with Crippen molar-refractivity contribution in [1.29, 1.82) is 0 Å². The van der Waals surface area contributed by atoms with Gasteiger partial charge in [0.15, 0.2) is 0 Å². The van der Waals surface area contributed by atoms with Gasteiger partial charge in [-0.05, 0) is 6.92 Å². The van der Waals surface area contributed by atoms with Gasteiger partial charge < -0.3 is 19.7 Å². The highest BCUT2D eigenvalue weighted by Gasteiger charge is 1.93. The maximum absolute atomic E-state index is 10.4. The van der Waals surface area contributed by atoms with Crippen molar-refractivity contribution in [3.63, 3.8) is 0 Å². The number of carboxylic acid groups (broad SMARTS) is 1. The molecule has 0 saturated heterocycles. The molecular weight excluding hydrogens is 228 g/mol. The minimum atomic E-state index is -0.935. The van der Waals surface area contributed by atoms with Gasteiger partial charge >= 0.3 is 11.9 Å². The molecule has 0 heterocycles. The Bertz CT molecular complexity index is 247. The van der Waals surface area contributed by atoms with Crippen molar-refractivity contribution in [2.75, 3.05) is 26.4 Å². The van der Waals surface area contributed by atoms with E-state index in [1.54, 1.807) is 0 Å². The summed E-state index contributed by atoms with van der Waals surface area (Å²) in [7, 11) is 0. The summed E-state index contributed by atoms with van der Waals surface area (Å²) in [5.74, 6) is -1.40. The highest BCUT2D eigenvalue weighted by atomic mass is 16.6. The fourth-order valence-electron chi connectivity index (χ4n) is 0.427. The van der Waals surface area contributed by atoms with E-state index in [4.69, 9.17) is 14.9 Å². The van der Waals surface area contributed by atoms with Gasteiger partial charge in [0, 0.05) is 11.6 Å². The van der Waals surface area contributed by atoms with E-state index >= 15 is 0 Å². The van der Waals surface area contributed by atoms with Crippen LogP contribution in [0.4, 0.5) is 0 Å². The van der Waals surface area contributed by atoms with Crippen molar-refractivity contribution in [3.05, 3.63) is 24.8 Å². The molecule has 2 N–H and O–H groups in total. The van der Waals surface area contributed by atoms with Crippen LogP contribution >= 0.6 is 0 Å². The van der Waals surface area contributed by atoms with Gasteiger partial charge in [0.25, 0.3) is 0 Å². The average molecular weight is 246 g/mol. The van der Waals surface area contributed by atoms with Crippen LogP contribution in [0.25, 0.3) is 0 Å². The average Bonchev–Trinajstić information content (AvgIpc) is 2.29. The first-order valence-electron chi connectivity index (χ1n) is 4.82. The summed E-state index contributed by atoms with van der Waals surface area (Å²) in [5, 5.41) is 16.2. The molecule has 0 aliphatic rings. The predicted octanol–water partition coefficient (Wildman–Crippen LogP) is 0.372. The maximum atomic E-state index is 10.4. The molecule has 6 heteroatoms. The van der Waals surface area contributed by atoms with Gasteiger partial charge in [-0.25, -0.2) is 9.59 Å². The number of aliphatic carboxylic acids is 1. The summed E-state index contributed by atoms with van der Waals surface area (Å²) in [6.45, 7) is 8.58. The first-order valence-corrected chi connectivity index (χ1v) is 4.82. The zero-order valence-electron chi connectivity index (χ0n) is 9.85. The molecule has 98 valence electrons. The van der Waals surface area contributed by atoms with Crippen LogP contribution in [-0.2, 0) is 19.1 Å². The van der Waals surface area contributed by atoms with Crippen molar-refractivity contribution in [3.8, 4) is 0 Å². The zero-order chi connectivity index (χ0) is 13.7. The number of hydrogen-bond acceptors (Lipinski definition) is 5. The van der Waals surface area contributed by atoms with E-state index in [0.717, 1.165) is 6.08 Å². The van der Waals surface area contributed by atoms with Crippen molar-refractivity contribution >= 4 is 11.9 Å². The van der Waals surface area contributed by atoms with E-state index in [2.05, 4.69) is 17.9 Å². The number of carbonyl (C=O) groups is 2. The fraction of sp³-hybridized carbons (Fsp3) is 0.455. The predicted molar refractivity (Wildman–Crippen MR) is 61.5 cm³/mol. The Hall–Kier alpha value is -1.66. The van der Waals surface area contributed by atoms with E-state index in [-0.39, 0.29) is 25.4 Å². The number of carboxylic acids is 1. The summed E-state index contributed by atoms with van der Waals surface area (Å²) in [6, 6.07) is 0. The normalized spacial score (nSPS) is 8.59. The van der Waals surface area contributed by atoms with Crippen LogP contribution in [0.3, 0.4) is 0 Å². The maximum Gasteiger partial charge on any atom is 0.330 e. The molecule has 0 amide bonds. The number of aliphatic hydroxyl groups excluding tert-OH is 1. The molecule has 0 atom stereocenters. The third kappa shape index (κ3) is 17.0. The molecule has 0 spiro atoms. The van der Waals surface area contributed by atoms with Crippen molar-refractivity contribution < 1.29 is 29.3 Å². The quantitative estimate of drug-likeness (QED) is 0.383. The van der Waals surface area contributed by atoms with E-state index in [1.807, 2.05) is 0 Å². The zero-order valence-corrected chi connectivity index (χ0v) is 9.85. The van der Waals surface area contributed by atoms with E-state index < -0.39 is 11.9 Å². The number of aliphatic hydroxyl groups is 1. The standard InChI is InChI=1S/C7H12O4.C4H6O2/c1-2-7(9)11-6-5-10-4-3-8;1-3(2)4(5)6/h2,8H,1,3-6H2;1H2,2H3,(H,5,6). The van der Waals surface area contributed by atoms with Crippen LogP contribution < -0.4 is 0 Å². The highest BCUT2D eigenvalue weighted by Crippen LogP contribution is 1.81. The Balaban J connectivity index is 0. The molecule has 0 radical (unpaired) electrons. The summed E-state index contributed by atoms with van der Waals surface area (Å²) >= 11 is 0. The molecule has 0 bridgehead atoms. The molecule has 0 saturated carbocycles. The Morgan fingerprint density at radius 1 is 1.29 bits per heavy atom. The Morgan fingerprint density at radius 3 is 2.18 bits per heavy atom. The third-order valence-corrected chi connectivity index (χ3v) is 1.24. The Morgan fingerprint density at radius 2 is 1.82 bits per heavy atom. The lowest BCUT2D eigenvalue weighted by Gasteiger charge is -2.01. The van der Waals surface area contributed by atoms with Gasteiger partial charge in [0.05, 0.1) is 19.8 Å². The number of esters is 1. The molecule has 17 heavy (non-hydrogen) atoms. The van der Waals surface area contributed by atoms with Crippen LogP contribution in [0, 0.1) is 0 Å². The van der Waals surface area contributed by atoms with Gasteiger partial charge in [-0.15, -0.1) is 0 Å². The summed E-state index contributed by atoms with van der Waals surface area (Å²) in [4.78, 5) is 20.0. The third-order valence-electron chi connectivity index (χ3n) is 1.24. The smallest absolute Gasteiger partial charge is 0.330 e. The summed E-state index contributed by atoms with van der Waals surface area (Å²) in [6.07, 6.45) is 1.09. The number of hydrogen-bond donors (Lipinski definition) is 2. The van der Waals surface area contributed by atoms with Crippen LogP contribution in [-0.4, -0.2) is 48.6 Å². The Labute approximate surface area is 100 Å². The second-order valence-corrected chi connectivity index (χ2v) is 2.79. The van der Waals surface area contributed by atoms with Gasteiger partial charge in [-0.3, -0.25) is 0 Å². The topological polar surface area (TPSA) is 93.1 Å². The molecular formula is C11H18O6. The van der Waals surface area contributed by atoms with E-state index in [9.17, 15) is 9.59 Å². The molecule has 0 aromatic carbocycles. The van der Waals surface area contributed by atoms with Gasteiger partial charge in [-0.1, -0.05) is 13.2 Å². The molecule has 0 aromatic heterocycles. The van der Waals surface area contributed by atoms with Crippen molar-refractivity contribution in [2.24, 2.45) is 0 Å². The van der Waals surface area contributed by atoms with Crippen molar-refractivity contribution in [1.82, 2.24) is 0 Å². The van der Waals surface area contributed by atoms with Gasteiger partial charge in [-0.2, -0.15) is 0 Å². The van der Waals surface area contributed by atoms with E-state index in [1.165, 1.54) is 6.92 Å². The lowest BCUT2D eigenvalue weighted by molar-refractivity contribution is -0.139. The second-order valence-electron chi connectivity index (χ2n) is 2.79. The largest absolute Gasteiger partial charge is 0.478 e. The molecule has 0 aliphatic heterocycles. The van der Waals surface area contributed by atoms with Crippen LogP contribution in [0.2, 0.25) is 0 Å². The monoisotopic (exact) mass is 246 g/mol. The minimum absolute atomic E-state index is 0.0184. The highest BCUT2D eigenvalue weighted by molar-refractivity contribution is 5.84. The van der Waals surface area contributed by atoms with Gasteiger partial charge in [0.1, 0.15) is 6.61 Å². The number of ether oxygens (including phenoxy) is 2. The fourth-order valence-corrected chi connectivity index (χ4v) is 0.427. The molecule has 0 aliphatic carbocycles. The Kier molecular flexibility index (Phi) is 12.9. The molecule has 6 nitrogen and oxygen atoms in total. The molecule has 0 aromatic rings. The van der Waals surface area contributed by atoms with Crippen LogP contribution in [0.1, 0.15) is 6.92 Å².